The molecule has 3 aliphatic rings. The zero-order valence-electron chi connectivity index (χ0n) is 14.2. The molecule has 0 aromatic heterocycles. The van der Waals surface area contributed by atoms with Crippen molar-refractivity contribution in [3.05, 3.63) is 0 Å². The van der Waals surface area contributed by atoms with Crippen molar-refractivity contribution in [3.63, 3.8) is 0 Å². The van der Waals surface area contributed by atoms with Crippen LogP contribution in [0, 0.1) is 5.92 Å². The summed E-state index contributed by atoms with van der Waals surface area (Å²) in [7, 11) is 2.27. The Kier molecular flexibility index (Phi) is 5.58. The molecule has 0 aromatic rings. The van der Waals surface area contributed by atoms with Crippen molar-refractivity contribution in [3.8, 4) is 0 Å². The van der Waals surface area contributed by atoms with Crippen LogP contribution in [0.4, 0.5) is 0 Å². The first-order valence-corrected chi connectivity index (χ1v) is 9.44. The zero-order chi connectivity index (χ0) is 14.7. The number of likely N-dealkylation sites (tertiary alicyclic amines) is 1. The second-order valence-electron chi connectivity index (χ2n) is 7.74. The van der Waals surface area contributed by atoms with Crippen LogP contribution in [0.1, 0.15) is 58.3 Å². The third-order valence-electron chi connectivity index (χ3n) is 6.25. The minimum absolute atomic E-state index is 0.796. The standard InChI is InChI=1S/C18H35N3/c1-3-19-16-13-17-5-4-6-18(14-16)21(17)12-9-15-7-10-20(2)11-8-15/h15-19H,3-14H2,1-2H3. The monoisotopic (exact) mass is 293 g/mol. The van der Waals surface area contributed by atoms with Gasteiger partial charge in [0.2, 0.25) is 0 Å². The van der Waals surface area contributed by atoms with Gasteiger partial charge in [0, 0.05) is 18.1 Å². The number of rotatable bonds is 5. The maximum Gasteiger partial charge on any atom is 0.0113 e. The Hall–Kier alpha value is -0.120. The minimum Gasteiger partial charge on any atom is -0.314 e. The van der Waals surface area contributed by atoms with Crippen LogP contribution < -0.4 is 5.32 Å². The van der Waals surface area contributed by atoms with Crippen molar-refractivity contribution in [2.75, 3.05) is 33.2 Å². The molecule has 3 fully saturated rings. The molecule has 3 heterocycles. The second-order valence-corrected chi connectivity index (χ2v) is 7.74. The van der Waals surface area contributed by atoms with Gasteiger partial charge in [-0.1, -0.05) is 13.3 Å². The summed E-state index contributed by atoms with van der Waals surface area (Å²) in [4.78, 5) is 5.41. The lowest BCUT2D eigenvalue weighted by Crippen LogP contribution is -2.56. The van der Waals surface area contributed by atoms with Gasteiger partial charge in [-0.3, -0.25) is 4.90 Å². The molecule has 3 saturated heterocycles. The number of hydrogen-bond acceptors (Lipinski definition) is 3. The highest BCUT2D eigenvalue weighted by atomic mass is 15.2. The van der Waals surface area contributed by atoms with Gasteiger partial charge >= 0.3 is 0 Å². The van der Waals surface area contributed by atoms with Gasteiger partial charge in [-0.15, -0.1) is 0 Å². The Morgan fingerprint density at radius 1 is 1.00 bits per heavy atom. The van der Waals surface area contributed by atoms with Gasteiger partial charge in [-0.05, 0) is 84.1 Å². The van der Waals surface area contributed by atoms with E-state index in [2.05, 4.69) is 29.1 Å². The molecule has 0 radical (unpaired) electrons. The van der Waals surface area contributed by atoms with Gasteiger partial charge in [0.05, 0.1) is 0 Å². The van der Waals surface area contributed by atoms with Gasteiger partial charge in [0.15, 0.2) is 0 Å². The lowest BCUT2D eigenvalue weighted by atomic mass is 9.81. The lowest BCUT2D eigenvalue weighted by molar-refractivity contribution is 0.0183. The van der Waals surface area contributed by atoms with E-state index in [0.717, 1.165) is 30.6 Å². The summed E-state index contributed by atoms with van der Waals surface area (Å²) >= 11 is 0. The van der Waals surface area contributed by atoms with Crippen LogP contribution in [0.15, 0.2) is 0 Å². The van der Waals surface area contributed by atoms with Crippen molar-refractivity contribution in [2.24, 2.45) is 5.92 Å². The van der Waals surface area contributed by atoms with Crippen LogP contribution in [0.25, 0.3) is 0 Å². The van der Waals surface area contributed by atoms with Crippen molar-refractivity contribution >= 4 is 0 Å². The molecule has 0 spiro atoms. The van der Waals surface area contributed by atoms with E-state index < -0.39 is 0 Å². The fraction of sp³-hybridized carbons (Fsp3) is 1.00. The Balaban J connectivity index is 1.49. The van der Waals surface area contributed by atoms with E-state index >= 15 is 0 Å². The van der Waals surface area contributed by atoms with E-state index in [4.69, 9.17) is 0 Å². The van der Waals surface area contributed by atoms with Gasteiger partial charge in [-0.2, -0.15) is 0 Å². The molecule has 2 unspecified atom stereocenters. The Bertz CT molecular complexity index is 298. The summed E-state index contributed by atoms with van der Waals surface area (Å²) in [6, 6.07) is 2.56. The molecule has 0 saturated carbocycles. The summed E-state index contributed by atoms with van der Waals surface area (Å²) < 4.78 is 0. The van der Waals surface area contributed by atoms with Crippen molar-refractivity contribution < 1.29 is 0 Å². The number of nitrogens with one attached hydrogen (secondary N) is 1. The van der Waals surface area contributed by atoms with E-state index in [1.807, 2.05) is 0 Å². The summed E-state index contributed by atoms with van der Waals surface area (Å²) in [6.45, 7) is 7.41. The molecule has 0 amide bonds. The average molecular weight is 293 g/mol. The molecular formula is C18H35N3. The van der Waals surface area contributed by atoms with Gasteiger partial charge in [0.1, 0.15) is 0 Å². The topological polar surface area (TPSA) is 18.5 Å². The SMILES string of the molecule is CCNC1CC2CCCC(C1)N2CCC1CCN(C)CC1. The summed E-state index contributed by atoms with van der Waals surface area (Å²) in [6.07, 6.45) is 11.5. The van der Waals surface area contributed by atoms with Crippen LogP contribution in [0.3, 0.4) is 0 Å². The van der Waals surface area contributed by atoms with Crippen LogP contribution in [0.5, 0.6) is 0 Å². The average Bonchev–Trinajstić information content (AvgIpc) is 2.47. The maximum absolute atomic E-state index is 3.71. The predicted octanol–water partition coefficient (Wildman–Crippen LogP) is 2.71. The van der Waals surface area contributed by atoms with E-state index in [9.17, 15) is 0 Å². The normalized spacial score (nSPS) is 36.0. The summed E-state index contributed by atoms with van der Waals surface area (Å²) in [5.74, 6) is 0.994. The third kappa shape index (κ3) is 4.00. The fourth-order valence-electron chi connectivity index (χ4n) is 4.98. The molecule has 21 heavy (non-hydrogen) atoms. The van der Waals surface area contributed by atoms with Gasteiger partial charge in [0.25, 0.3) is 0 Å². The second kappa shape index (κ2) is 7.43. The molecular weight excluding hydrogens is 258 g/mol. The number of hydrogen-bond donors (Lipinski definition) is 1. The van der Waals surface area contributed by atoms with E-state index in [0.29, 0.717) is 0 Å². The van der Waals surface area contributed by atoms with E-state index in [1.165, 1.54) is 71.0 Å². The molecule has 2 atom stereocenters. The van der Waals surface area contributed by atoms with Crippen molar-refractivity contribution in [1.82, 2.24) is 15.1 Å². The highest BCUT2D eigenvalue weighted by molar-refractivity contribution is 4.95. The summed E-state index contributed by atoms with van der Waals surface area (Å²) in [5, 5.41) is 3.71. The Morgan fingerprint density at radius 2 is 1.67 bits per heavy atom. The largest absolute Gasteiger partial charge is 0.314 e. The molecule has 1 N–H and O–H groups in total. The first-order valence-electron chi connectivity index (χ1n) is 9.44. The molecule has 3 aliphatic heterocycles. The molecule has 0 aromatic carbocycles. The molecule has 122 valence electrons. The van der Waals surface area contributed by atoms with Crippen LogP contribution >= 0.6 is 0 Å². The number of fused-ring (bicyclic) bond motifs is 2. The first-order chi connectivity index (χ1) is 10.3. The van der Waals surface area contributed by atoms with E-state index in [-0.39, 0.29) is 0 Å². The quantitative estimate of drug-likeness (QED) is 0.841. The van der Waals surface area contributed by atoms with Crippen LogP contribution in [-0.2, 0) is 0 Å². The maximum atomic E-state index is 3.71. The van der Waals surface area contributed by atoms with Crippen LogP contribution in [0.2, 0.25) is 0 Å². The number of piperidine rings is 3. The zero-order valence-corrected chi connectivity index (χ0v) is 14.2. The molecule has 2 bridgehead atoms. The van der Waals surface area contributed by atoms with E-state index in [1.54, 1.807) is 0 Å². The fourth-order valence-corrected chi connectivity index (χ4v) is 4.98. The smallest absolute Gasteiger partial charge is 0.0113 e. The summed E-state index contributed by atoms with van der Waals surface area (Å²) in [5.41, 5.74) is 0. The predicted molar refractivity (Wildman–Crippen MR) is 89.7 cm³/mol. The first kappa shape index (κ1) is 15.8. The van der Waals surface area contributed by atoms with Crippen molar-refractivity contribution in [2.45, 2.75) is 76.4 Å². The molecule has 3 heteroatoms. The van der Waals surface area contributed by atoms with Gasteiger partial charge < -0.3 is 10.2 Å². The van der Waals surface area contributed by atoms with Crippen molar-refractivity contribution in [1.29, 1.82) is 0 Å². The van der Waals surface area contributed by atoms with Crippen LogP contribution in [-0.4, -0.2) is 61.2 Å². The highest BCUT2D eigenvalue weighted by Crippen LogP contribution is 2.35. The molecule has 3 rings (SSSR count). The van der Waals surface area contributed by atoms with Gasteiger partial charge in [-0.25, -0.2) is 0 Å². The third-order valence-corrected chi connectivity index (χ3v) is 6.25. The Labute approximate surface area is 131 Å². The minimum atomic E-state index is 0.796. The Morgan fingerprint density at radius 3 is 2.29 bits per heavy atom. The molecule has 3 nitrogen and oxygen atoms in total. The number of nitrogens with zero attached hydrogens (tertiary/aromatic N) is 2. The lowest BCUT2D eigenvalue weighted by Gasteiger charge is -2.49. The molecule has 0 aliphatic carbocycles. The highest BCUT2D eigenvalue weighted by Gasteiger charge is 2.37.